The summed E-state index contributed by atoms with van der Waals surface area (Å²) in [4.78, 5) is 13.2. The molecule has 0 bridgehead atoms. The van der Waals surface area contributed by atoms with Gasteiger partial charge in [-0.1, -0.05) is 49.7 Å². The van der Waals surface area contributed by atoms with Gasteiger partial charge in [0.15, 0.2) is 5.75 Å². The highest BCUT2D eigenvalue weighted by Gasteiger charge is 2.22. The number of benzene rings is 2. The largest absolute Gasteiger partial charge is 0.490 e. The quantitative estimate of drug-likeness (QED) is 0.534. The number of nitrogens with two attached hydrogens (primary N) is 1. The van der Waals surface area contributed by atoms with E-state index >= 15 is 0 Å². The van der Waals surface area contributed by atoms with Gasteiger partial charge in [0.25, 0.3) is 0 Å². The molecule has 0 aromatic heterocycles. The number of aryl methyl sites for hydroxylation is 1. The molecule has 2 rings (SSSR count). The SMILES string of the molecule is COc1ccc(CN(Cc2cccc(C)c2)CC(C)(C)CN)cc1[N+](=O)[O-]. The highest BCUT2D eigenvalue weighted by Crippen LogP contribution is 2.29. The van der Waals surface area contributed by atoms with Crippen molar-refractivity contribution in [1.29, 1.82) is 0 Å². The smallest absolute Gasteiger partial charge is 0.311 e. The Kier molecular flexibility index (Phi) is 6.93. The summed E-state index contributed by atoms with van der Waals surface area (Å²) in [6.45, 7) is 9.05. The van der Waals surface area contributed by atoms with Gasteiger partial charge < -0.3 is 10.5 Å². The predicted octanol–water partition coefficient (Wildman–Crippen LogP) is 3.90. The van der Waals surface area contributed by atoms with E-state index in [2.05, 4.69) is 49.9 Å². The van der Waals surface area contributed by atoms with Crippen molar-refractivity contribution in [2.24, 2.45) is 11.1 Å². The minimum atomic E-state index is -0.406. The van der Waals surface area contributed by atoms with Gasteiger partial charge in [-0.15, -0.1) is 0 Å². The molecule has 0 aliphatic rings. The average molecular weight is 371 g/mol. The topological polar surface area (TPSA) is 81.6 Å². The third kappa shape index (κ3) is 6.05. The van der Waals surface area contributed by atoms with E-state index in [9.17, 15) is 10.1 Å². The first-order chi connectivity index (χ1) is 12.7. The van der Waals surface area contributed by atoms with Crippen LogP contribution >= 0.6 is 0 Å². The molecule has 0 fully saturated rings. The second-order valence-electron chi connectivity index (χ2n) is 7.77. The summed E-state index contributed by atoms with van der Waals surface area (Å²) in [5, 5.41) is 11.3. The third-order valence-electron chi connectivity index (χ3n) is 4.54. The van der Waals surface area contributed by atoms with Gasteiger partial charge >= 0.3 is 5.69 Å². The monoisotopic (exact) mass is 371 g/mol. The molecule has 6 nitrogen and oxygen atoms in total. The second kappa shape index (κ2) is 8.97. The van der Waals surface area contributed by atoms with E-state index in [1.165, 1.54) is 18.2 Å². The van der Waals surface area contributed by atoms with Crippen LogP contribution in [0.25, 0.3) is 0 Å². The lowest BCUT2D eigenvalue weighted by Gasteiger charge is -2.32. The summed E-state index contributed by atoms with van der Waals surface area (Å²) in [5.41, 5.74) is 9.18. The van der Waals surface area contributed by atoms with Crippen LogP contribution in [0.15, 0.2) is 42.5 Å². The van der Waals surface area contributed by atoms with Crippen LogP contribution in [0.1, 0.15) is 30.5 Å². The number of ether oxygens (including phenoxy) is 1. The molecule has 0 unspecified atom stereocenters. The Bertz CT molecular complexity index is 790. The van der Waals surface area contributed by atoms with Crippen LogP contribution in [-0.2, 0) is 13.1 Å². The van der Waals surface area contributed by atoms with Crippen LogP contribution < -0.4 is 10.5 Å². The van der Waals surface area contributed by atoms with Crippen molar-refractivity contribution in [3.8, 4) is 5.75 Å². The lowest BCUT2D eigenvalue weighted by molar-refractivity contribution is -0.385. The van der Waals surface area contributed by atoms with Gasteiger partial charge in [0.1, 0.15) is 0 Å². The fourth-order valence-electron chi connectivity index (χ4n) is 3.14. The molecule has 2 aromatic rings. The highest BCUT2D eigenvalue weighted by atomic mass is 16.6. The van der Waals surface area contributed by atoms with Crippen LogP contribution in [0.3, 0.4) is 0 Å². The number of hydrogen-bond acceptors (Lipinski definition) is 5. The highest BCUT2D eigenvalue weighted by molar-refractivity contribution is 5.48. The molecule has 2 N–H and O–H groups in total. The molecule has 0 saturated heterocycles. The van der Waals surface area contributed by atoms with Crippen LogP contribution in [0, 0.1) is 22.5 Å². The predicted molar refractivity (Wildman–Crippen MR) is 108 cm³/mol. The molecule has 27 heavy (non-hydrogen) atoms. The average Bonchev–Trinajstić information content (AvgIpc) is 2.61. The Balaban J connectivity index is 2.28. The molecule has 146 valence electrons. The van der Waals surface area contributed by atoms with E-state index in [4.69, 9.17) is 10.5 Å². The molecule has 0 saturated carbocycles. The van der Waals surface area contributed by atoms with Gasteiger partial charge in [0.2, 0.25) is 0 Å². The van der Waals surface area contributed by atoms with E-state index in [0.29, 0.717) is 13.1 Å². The first-order valence-electron chi connectivity index (χ1n) is 9.03. The third-order valence-corrected chi connectivity index (χ3v) is 4.54. The molecule has 0 atom stereocenters. The zero-order valence-corrected chi connectivity index (χ0v) is 16.6. The zero-order valence-electron chi connectivity index (χ0n) is 16.6. The fraction of sp³-hybridized carbons (Fsp3) is 0.429. The molecule has 0 heterocycles. The van der Waals surface area contributed by atoms with Gasteiger partial charge in [-0.25, -0.2) is 0 Å². The summed E-state index contributed by atoms with van der Waals surface area (Å²) < 4.78 is 5.10. The van der Waals surface area contributed by atoms with Crippen LogP contribution in [-0.4, -0.2) is 30.0 Å². The van der Waals surface area contributed by atoms with Gasteiger partial charge in [0, 0.05) is 25.7 Å². The first kappa shape index (κ1) is 20.9. The lowest BCUT2D eigenvalue weighted by atomic mass is 9.92. The van der Waals surface area contributed by atoms with Crippen LogP contribution in [0.5, 0.6) is 5.75 Å². The minimum Gasteiger partial charge on any atom is -0.490 e. The van der Waals surface area contributed by atoms with E-state index in [1.54, 1.807) is 12.1 Å². The number of rotatable bonds is 9. The Morgan fingerprint density at radius 2 is 1.81 bits per heavy atom. The van der Waals surface area contributed by atoms with E-state index in [-0.39, 0.29) is 16.9 Å². The summed E-state index contributed by atoms with van der Waals surface area (Å²) in [6, 6.07) is 13.5. The fourth-order valence-corrected chi connectivity index (χ4v) is 3.14. The van der Waals surface area contributed by atoms with Crippen LogP contribution in [0.4, 0.5) is 5.69 Å². The normalized spacial score (nSPS) is 11.6. The Morgan fingerprint density at radius 1 is 1.15 bits per heavy atom. The van der Waals surface area contributed by atoms with Crippen molar-refractivity contribution in [2.75, 3.05) is 20.2 Å². The Labute approximate surface area is 161 Å². The summed E-state index contributed by atoms with van der Waals surface area (Å²) in [7, 11) is 1.44. The van der Waals surface area contributed by atoms with E-state index in [1.807, 2.05) is 6.07 Å². The molecule has 0 radical (unpaired) electrons. The molecule has 2 aromatic carbocycles. The van der Waals surface area contributed by atoms with E-state index in [0.717, 1.165) is 18.7 Å². The molecule has 0 spiro atoms. The molecular formula is C21H29N3O3. The molecule has 0 amide bonds. The number of nitro groups is 1. The zero-order chi connectivity index (χ0) is 20.0. The lowest BCUT2D eigenvalue weighted by Crippen LogP contribution is -2.38. The van der Waals surface area contributed by atoms with Crippen molar-refractivity contribution in [3.05, 3.63) is 69.3 Å². The van der Waals surface area contributed by atoms with Crippen LogP contribution in [0.2, 0.25) is 0 Å². The van der Waals surface area contributed by atoms with E-state index < -0.39 is 4.92 Å². The maximum Gasteiger partial charge on any atom is 0.311 e. The Hall–Kier alpha value is -2.44. The maximum atomic E-state index is 11.3. The molecule has 0 aliphatic carbocycles. The summed E-state index contributed by atoms with van der Waals surface area (Å²) >= 11 is 0. The van der Waals surface area contributed by atoms with Crippen molar-refractivity contribution in [3.63, 3.8) is 0 Å². The summed E-state index contributed by atoms with van der Waals surface area (Å²) in [5.74, 6) is 0.274. The minimum absolute atomic E-state index is 0.0106. The van der Waals surface area contributed by atoms with Gasteiger partial charge in [-0.3, -0.25) is 15.0 Å². The van der Waals surface area contributed by atoms with Crippen molar-refractivity contribution in [1.82, 2.24) is 4.90 Å². The Morgan fingerprint density at radius 3 is 2.37 bits per heavy atom. The van der Waals surface area contributed by atoms with Crippen molar-refractivity contribution < 1.29 is 9.66 Å². The first-order valence-corrected chi connectivity index (χ1v) is 9.03. The van der Waals surface area contributed by atoms with Crippen molar-refractivity contribution in [2.45, 2.75) is 33.9 Å². The maximum absolute atomic E-state index is 11.3. The number of hydrogen-bond donors (Lipinski definition) is 1. The standard InChI is InChI=1S/C21H29N3O3/c1-16-6-5-7-17(10-16)12-23(15-21(2,3)14-22)13-18-8-9-20(27-4)19(11-18)24(25)26/h5-11H,12-15,22H2,1-4H3. The number of nitro benzene ring substituents is 1. The number of nitrogens with zero attached hydrogens (tertiary/aromatic N) is 2. The van der Waals surface area contributed by atoms with Gasteiger partial charge in [0.05, 0.1) is 12.0 Å². The second-order valence-corrected chi connectivity index (χ2v) is 7.77. The molecule has 6 heteroatoms. The summed E-state index contributed by atoms with van der Waals surface area (Å²) in [6.07, 6.45) is 0. The van der Waals surface area contributed by atoms with Gasteiger partial charge in [-0.05, 0) is 36.1 Å². The molecular weight excluding hydrogens is 342 g/mol. The van der Waals surface area contributed by atoms with Crippen molar-refractivity contribution >= 4 is 5.69 Å². The number of methoxy groups -OCH3 is 1. The molecule has 0 aliphatic heterocycles. The van der Waals surface area contributed by atoms with Gasteiger partial charge in [-0.2, -0.15) is 0 Å².